The van der Waals surface area contributed by atoms with Crippen molar-refractivity contribution in [3.63, 3.8) is 0 Å². The van der Waals surface area contributed by atoms with Gasteiger partial charge in [-0.2, -0.15) is 0 Å². The van der Waals surface area contributed by atoms with E-state index in [1.807, 2.05) is 11.9 Å². The number of ether oxygens (including phenoxy) is 1. The predicted molar refractivity (Wildman–Crippen MR) is 59.8 cm³/mol. The standard InChI is InChI=1S/C11H22N2O2/c1-12-7-3-4-11(14)13(8-9-15-2)10-5-6-10/h10,12H,3-9H2,1-2H3. The van der Waals surface area contributed by atoms with Crippen LogP contribution in [0.15, 0.2) is 0 Å². The molecule has 0 radical (unpaired) electrons. The average molecular weight is 214 g/mol. The number of carbonyl (C=O) groups is 1. The maximum atomic E-state index is 11.8. The minimum Gasteiger partial charge on any atom is -0.383 e. The molecule has 0 aromatic rings. The molecule has 1 aliphatic rings. The smallest absolute Gasteiger partial charge is 0.222 e. The summed E-state index contributed by atoms with van der Waals surface area (Å²) in [6.45, 7) is 2.31. The first-order valence-corrected chi connectivity index (χ1v) is 5.72. The molecular formula is C11H22N2O2. The van der Waals surface area contributed by atoms with Gasteiger partial charge in [-0.15, -0.1) is 0 Å². The second-order valence-corrected chi connectivity index (χ2v) is 4.02. The highest BCUT2D eigenvalue weighted by molar-refractivity contribution is 5.76. The van der Waals surface area contributed by atoms with E-state index < -0.39 is 0 Å². The fraction of sp³-hybridized carbons (Fsp3) is 0.909. The van der Waals surface area contributed by atoms with Gasteiger partial charge in [-0.3, -0.25) is 4.79 Å². The number of methoxy groups -OCH3 is 1. The van der Waals surface area contributed by atoms with Gasteiger partial charge >= 0.3 is 0 Å². The maximum absolute atomic E-state index is 11.8. The fourth-order valence-electron chi connectivity index (χ4n) is 1.65. The van der Waals surface area contributed by atoms with Crippen LogP contribution in [0, 0.1) is 0 Å². The topological polar surface area (TPSA) is 41.6 Å². The van der Waals surface area contributed by atoms with Gasteiger partial charge in [0.25, 0.3) is 0 Å². The monoisotopic (exact) mass is 214 g/mol. The molecule has 0 aliphatic heterocycles. The summed E-state index contributed by atoms with van der Waals surface area (Å²) in [6.07, 6.45) is 3.91. The van der Waals surface area contributed by atoms with Crippen LogP contribution in [0.2, 0.25) is 0 Å². The van der Waals surface area contributed by atoms with Crippen LogP contribution in [0.5, 0.6) is 0 Å². The molecular weight excluding hydrogens is 192 g/mol. The van der Waals surface area contributed by atoms with E-state index in [2.05, 4.69) is 5.32 Å². The Morgan fingerprint density at radius 1 is 1.53 bits per heavy atom. The molecule has 0 aromatic heterocycles. The summed E-state index contributed by atoms with van der Waals surface area (Å²) in [5.74, 6) is 0.282. The third-order valence-electron chi connectivity index (χ3n) is 2.66. The number of nitrogens with zero attached hydrogens (tertiary/aromatic N) is 1. The van der Waals surface area contributed by atoms with Crippen LogP contribution < -0.4 is 5.32 Å². The molecule has 1 rings (SSSR count). The number of amides is 1. The molecule has 0 atom stereocenters. The van der Waals surface area contributed by atoms with Crippen LogP contribution in [-0.2, 0) is 9.53 Å². The lowest BCUT2D eigenvalue weighted by Gasteiger charge is -2.22. The molecule has 1 fully saturated rings. The summed E-state index contributed by atoms with van der Waals surface area (Å²) >= 11 is 0. The van der Waals surface area contributed by atoms with E-state index in [1.54, 1.807) is 7.11 Å². The van der Waals surface area contributed by atoms with Crippen LogP contribution in [0.3, 0.4) is 0 Å². The second-order valence-electron chi connectivity index (χ2n) is 4.02. The van der Waals surface area contributed by atoms with Gasteiger partial charge in [-0.25, -0.2) is 0 Å². The number of hydrogen-bond donors (Lipinski definition) is 1. The molecule has 1 saturated carbocycles. The largest absolute Gasteiger partial charge is 0.383 e. The zero-order valence-corrected chi connectivity index (χ0v) is 9.79. The molecule has 0 bridgehead atoms. The Morgan fingerprint density at radius 2 is 2.27 bits per heavy atom. The summed E-state index contributed by atoms with van der Waals surface area (Å²) in [5.41, 5.74) is 0. The van der Waals surface area contributed by atoms with Gasteiger partial charge in [-0.1, -0.05) is 0 Å². The first kappa shape index (κ1) is 12.5. The molecule has 4 heteroatoms. The van der Waals surface area contributed by atoms with E-state index in [9.17, 15) is 4.79 Å². The molecule has 1 aliphatic carbocycles. The van der Waals surface area contributed by atoms with Gasteiger partial charge in [-0.05, 0) is 32.9 Å². The Labute approximate surface area is 92.0 Å². The summed E-state index contributed by atoms with van der Waals surface area (Å²) in [5, 5.41) is 3.05. The Balaban J connectivity index is 2.24. The highest BCUT2D eigenvalue weighted by atomic mass is 16.5. The summed E-state index contributed by atoms with van der Waals surface area (Å²) < 4.78 is 5.02. The normalized spacial score (nSPS) is 15.3. The van der Waals surface area contributed by atoms with Crippen molar-refractivity contribution in [1.29, 1.82) is 0 Å². The van der Waals surface area contributed by atoms with Crippen molar-refractivity contribution < 1.29 is 9.53 Å². The molecule has 0 saturated heterocycles. The van der Waals surface area contributed by atoms with Crippen molar-refractivity contribution in [2.75, 3.05) is 33.9 Å². The first-order chi connectivity index (χ1) is 7.29. The lowest BCUT2D eigenvalue weighted by molar-refractivity contribution is -0.132. The number of rotatable bonds is 8. The summed E-state index contributed by atoms with van der Waals surface area (Å²) in [4.78, 5) is 13.8. The van der Waals surface area contributed by atoms with E-state index in [0.29, 0.717) is 19.1 Å². The molecule has 0 spiro atoms. The van der Waals surface area contributed by atoms with Gasteiger partial charge in [0.05, 0.1) is 6.61 Å². The molecule has 15 heavy (non-hydrogen) atoms. The first-order valence-electron chi connectivity index (χ1n) is 5.72. The van der Waals surface area contributed by atoms with Crippen LogP contribution in [0.4, 0.5) is 0 Å². The zero-order valence-electron chi connectivity index (χ0n) is 9.79. The van der Waals surface area contributed by atoms with Gasteiger partial charge in [0.1, 0.15) is 0 Å². The number of nitrogens with one attached hydrogen (secondary N) is 1. The quantitative estimate of drug-likeness (QED) is 0.602. The Hall–Kier alpha value is -0.610. The van der Waals surface area contributed by atoms with Crippen LogP contribution in [-0.4, -0.2) is 50.7 Å². The average Bonchev–Trinajstić information content (AvgIpc) is 3.03. The SMILES string of the molecule is CNCCCC(=O)N(CCOC)C1CC1. The van der Waals surface area contributed by atoms with Gasteiger partial charge in [0.15, 0.2) is 0 Å². The van der Waals surface area contributed by atoms with Crippen LogP contribution in [0.1, 0.15) is 25.7 Å². The zero-order chi connectivity index (χ0) is 11.1. The van der Waals surface area contributed by atoms with E-state index in [4.69, 9.17) is 4.74 Å². The molecule has 1 amide bonds. The lowest BCUT2D eigenvalue weighted by atomic mass is 10.2. The van der Waals surface area contributed by atoms with Crippen LogP contribution in [0.25, 0.3) is 0 Å². The second kappa shape index (κ2) is 6.80. The van der Waals surface area contributed by atoms with Crippen LogP contribution >= 0.6 is 0 Å². The Bertz CT molecular complexity index is 193. The summed E-state index contributed by atoms with van der Waals surface area (Å²) in [7, 11) is 3.59. The minimum absolute atomic E-state index is 0.282. The van der Waals surface area contributed by atoms with Crippen molar-refractivity contribution in [3.05, 3.63) is 0 Å². The molecule has 0 unspecified atom stereocenters. The minimum atomic E-state index is 0.282. The third kappa shape index (κ3) is 4.62. The molecule has 4 nitrogen and oxygen atoms in total. The van der Waals surface area contributed by atoms with E-state index in [-0.39, 0.29) is 5.91 Å². The molecule has 1 N–H and O–H groups in total. The maximum Gasteiger partial charge on any atom is 0.222 e. The molecule has 0 heterocycles. The molecule has 0 aromatic carbocycles. The van der Waals surface area contributed by atoms with Gasteiger partial charge in [0, 0.05) is 26.1 Å². The highest BCUT2D eigenvalue weighted by Gasteiger charge is 2.31. The fourth-order valence-corrected chi connectivity index (χ4v) is 1.65. The third-order valence-corrected chi connectivity index (χ3v) is 2.66. The van der Waals surface area contributed by atoms with E-state index >= 15 is 0 Å². The number of hydrogen-bond acceptors (Lipinski definition) is 3. The van der Waals surface area contributed by atoms with Gasteiger partial charge in [0.2, 0.25) is 5.91 Å². The van der Waals surface area contributed by atoms with Crippen molar-refractivity contribution in [1.82, 2.24) is 10.2 Å². The predicted octanol–water partition coefficient (Wildman–Crippen LogP) is 0.623. The van der Waals surface area contributed by atoms with Gasteiger partial charge < -0.3 is 15.0 Å². The summed E-state index contributed by atoms with van der Waals surface area (Å²) in [6, 6.07) is 0.502. The number of carbonyl (C=O) groups excluding carboxylic acids is 1. The van der Waals surface area contributed by atoms with Crippen molar-refractivity contribution in [2.24, 2.45) is 0 Å². The Kier molecular flexibility index (Phi) is 5.65. The van der Waals surface area contributed by atoms with Crippen molar-refractivity contribution in [2.45, 2.75) is 31.7 Å². The van der Waals surface area contributed by atoms with Crippen molar-refractivity contribution >= 4 is 5.91 Å². The lowest BCUT2D eigenvalue weighted by Crippen LogP contribution is -2.36. The van der Waals surface area contributed by atoms with E-state index in [0.717, 1.165) is 19.5 Å². The Morgan fingerprint density at radius 3 is 2.80 bits per heavy atom. The highest BCUT2D eigenvalue weighted by Crippen LogP contribution is 2.27. The van der Waals surface area contributed by atoms with Crippen molar-refractivity contribution in [3.8, 4) is 0 Å². The molecule has 88 valence electrons. The van der Waals surface area contributed by atoms with E-state index in [1.165, 1.54) is 12.8 Å².